The summed E-state index contributed by atoms with van der Waals surface area (Å²) in [5, 5.41) is 8.00. The maximum Gasteiger partial charge on any atom is 0.255 e. The van der Waals surface area contributed by atoms with E-state index in [1.807, 2.05) is 0 Å². The smallest absolute Gasteiger partial charge is 0.255 e. The van der Waals surface area contributed by atoms with Crippen LogP contribution in [-0.2, 0) is 14.3 Å². The van der Waals surface area contributed by atoms with Crippen molar-refractivity contribution < 1.29 is 23.5 Å². The number of ether oxygens (including phenoxy) is 1. The summed E-state index contributed by atoms with van der Waals surface area (Å²) in [6, 6.07) is 10.5. The Bertz CT molecular complexity index is 984. The molecule has 0 spiro atoms. The van der Waals surface area contributed by atoms with Gasteiger partial charge in [-0.05, 0) is 62.1 Å². The van der Waals surface area contributed by atoms with Gasteiger partial charge in [-0.3, -0.25) is 14.4 Å². The van der Waals surface area contributed by atoms with E-state index in [9.17, 15) is 18.8 Å². The van der Waals surface area contributed by atoms with Crippen molar-refractivity contribution in [3.8, 4) is 0 Å². The third-order valence-electron chi connectivity index (χ3n) is 5.04. The third kappa shape index (κ3) is 4.83. The molecule has 0 aromatic heterocycles. The number of nitrogens with one attached hydrogen (secondary N) is 3. The molecule has 0 unspecified atom stereocenters. The summed E-state index contributed by atoms with van der Waals surface area (Å²) < 4.78 is 19.4. The fourth-order valence-corrected chi connectivity index (χ4v) is 3.23. The number of rotatable bonds is 6. The average Bonchev–Trinajstić information content (AvgIpc) is 3.44. The second kappa shape index (κ2) is 8.62. The Hall–Kier alpha value is -3.26. The van der Waals surface area contributed by atoms with Gasteiger partial charge in [0, 0.05) is 29.5 Å². The normalized spacial score (nSPS) is 18.0. The van der Waals surface area contributed by atoms with Crippen LogP contribution in [-0.4, -0.2) is 30.4 Å². The van der Waals surface area contributed by atoms with Gasteiger partial charge >= 0.3 is 0 Å². The topological polar surface area (TPSA) is 96.5 Å². The Kier molecular flexibility index (Phi) is 5.76. The molecule has 0 radical (unpaired) electrons. The van der Waals surface area contributed by atoms with Crippen molar-refractivity contribution in [2.75, 3.05) is 22.6 Å². The first-order valence-electron chi connectivity index (χ1n) is 9.94. The van der Waals surface area contributed by atoms with Crippen LogP contribution in [0, 0.1) is 11.7 Å². The number of benzene rings is 2. The standard InChI is InChI=1S/C22H22FN3O4/c23-17-9-8-16(12-18(17)26-20(27)13-6-7-13)24-21(28)14-3-1-4-15(11-14)25-22(29)19-5-2-10-30-19/h1,3-4,8-9,11-13,19H,2,5-7,10H2,(H,24,28)(H,25,29)(H,26,27)/t19-/m1/s1. The molecule has 2 fully saturated rings. The van der Waals surface area contributed by atoms with Gasteiger partial charge in [-0.2, -0.15) is 0 Å². The van der Waals surface area contributed by atoms with Gasteiger partial charge in [-0.15, -0.1) is 0 Å². The van der Waals surface area contributed by atoms with Crippen LogP contribution in [0.15, 0.2) is 42.5 Å². The molecule has 0 bridgehead atoms. The molecule has 3 N–H and O–H groups in total. The highest BCUT2D eigenvalue weighted by Gasteiger charge is 2.30. The molecule has 4 rings (SSSR count). The maximum atomic E-state index is 14.0. The molecule has 30 heavy (non-hydrogen) atoms. The molecule has 1 saturated heterocycles. The summed E-state index contributed by atoms with van der Waals surface area (Å²) in [5.74, 6) is -1.50. The fraction of sp³-hybridized carbons (Fsp3) is 0.318. The summed E-state index contributed by atoms with van der Waals surface area (Å²) in [7, 11) is 0. The molecule has 156 valence electrons. The first kappa shape index (κ1) is 20.0. The minimum absolute atomic E-state index is 0.0299. The number of hydrogen-bond acceptors (Lipinski definition) is 4. The van der Waals surface area contributed by atoms with Gasteiger partial charge in [-0.25, -0.2) is 4.39 Å². The number of halogens is 1. The Balaban J connectivity index is 1.42. The molecule has 3 amide bonds. The van der Waals surface area contributed by atoms with E-state index in [0.717, 1.165) is 19.3 Å². The molecule has 1 heterocycles. The summed E-state index contributed by atoms with van der Waals surface area (Å²) >= 11 is 0. The zero-order chi connectivity index (χ0) is 21.1. The van der Waals surface area contributed by atoms with Crippen molar-refractivity contribution in [3.63, 3.8) is 0 Å². The Morgan fingerprint density at radius 2 is 1.70 bits per heavy atom. The Labute approximate surface area is 173 Å². The molecule has 1 saturated carbocycles. The van der Waals surface area contributed by atoms with Crippen LogP contribution < -0.4 is 16.0 Å². The van der Waals surface area contributed by atoms with Gasteiger partial charge in [0.25, 0.3) is 11.8 Å². The molecule has 1 aliphatic carbocycles. The molecule has 1 aliphatic heterocycles. The van der Waals surface area contributed by atoms with Crippen LogP contribution in [0.2, 0.25) is 0 Å². The van der Waals surface area contributed by atoms with E-state index in [1.54, 1.807) is 24.3 Å². The van der Waals surface area contributed by atoms with E-state index >= 15 is 0 Å². The predicted octanol–water partition coefficient (Wildman–Crippen LogP) is 3.54. The van der Waals surface area contributed by atoms with E-state index in [-0.39, 0.29) is 23.4 Å². The summed E-state index contributed by atoms with van der Waals surface area (Å²) in [6.07, 6.45) is 2.68. The van der Waals surface area contributed by atoms with Gasteiger partial charge in [0.2, 0.25) is 5.91 Å². The van der Waals surface area contributed by atoms with Crippen LogP contribution >= 0.6 is 0 Å². The van der Waals surface area contributed by atoms with Crippen LogP contribution in [0.3, 0.4) is 0 Å². The SMILES string of the molecule is O=C(Nc1ccc(F)c(NC(=O)C2CC2)c1)c1cccc(NC(=O)[C@H]2CCCO2)c1. The van der Waals surface area contributed by atoms with Crippen LogP contribution in [0.5, 0.6) is 0 Å². The Morgan fingerprint density at radius 1 is 0.900 bits per heavy atom. The Morgan fingerprint density at radius 3 is 2.43 bits per heavy atom. The van der Waals surface area contributed by atoms with Crippen LogP contribution in [0.4, 0.5) is 21.5 Å². The summed E-state index contributed by atoms with van der Waals surface area (Å²) in [5.41, 5.74) is 1.19. The second-order valence-corrected chi connectivity index (χ2v) is 7.48. The first-order valence-corrected chi connectivity index (χ1v) is 9.94. The number of amides is 3. The van der Waals surface area contributed by atoms with Crippen molar-refractivity contribution in [3.05, 3.63) is 53.8 Å². The van der Waals surface area contributed by atoms with Gasteiger partial charge in [0.1, 0.15) is 11.9 Å². The lowest BCUT2D eigenvalue weighted by atomic mass is 10.1. The van der Waals surface area contributed by atoms with Gasteiger partial charge in [-0.1, -0.05) is 6.07 Å². The van der Waals surface area contributed by atoms with Crippen molar-refractivity contribution in [2.24, 2.45) is 5.92 Å². The summed E-state index contributed by atoms with van der Waals surface area (Å²) in [4.78, 5) is 36.7. The highest BCUT2D eigenvalue weighted by Crippen LogP contribution is 2.31. The molecule has 1 atom stereocenters. The molecule has 7 nitrogen and oxygen atoms in total. The molecule has 2 aliphatic rings. The minimum Gasteiger partial charge on any atom is -0.368 e. The fourth-order valence-electron chi connectivity index (χ4n) is 3.23. The van der Waals surface area contributed by atoms with Crippen LogP contribution in [0.25, 0.3) is 0 Å². The highest BCUT2D eigenvalue weighted by molar-refractivity contribution is 6.06. The lowest BCUT2D eigenvalue weighted by molar-refractivity contribution is -0.124. The number of hydrogen-bond donors (Lipinski definition) is 3. The number of carbonyl (C=O) groups is 3. The molecular weight excluding hydrogens is 389 g/mol. The predicted molar refractivity (Wildman–Crippen MR) is 110 cm³/mol. The van der Waals surface area contributed by atoms with E-state index < -0.39 is 17.8 Å². The lowest BCUT2D eigenvalue weighted by Crippen LogP contribution is -2.27. The summed E-state index contributed by atoms with van der Waals surface area (Å²) in [6.45, 7) is 0.571. The lowest BCUT2D eigenvalue weighted by Gasteiger charge is -2.12. The zero-order valence-corrected chi connectivity index (χ0v) is 16.2. The zero-order valence-electron chi connectivity index (χ0n) is 16.2. The highest BCUT2D eigenvalue weighted by atomic mass is 19.1. The average molecular weight is 411 g/mol. The van der Waals surface area contributed by atoms with Crippen molar-refractivity contribution in [2.45, 2.75) is 31.8 Å². The number of carbonyl (C=O) groups excluding carboxylic acids is 3. The molecular formula is C22H22FN3O4. The minimum atomic E-state index is -0.569. The molecule has 8 heteroatoms. The van der Waals surface area contributed by atoms with E-state index in [2.05, 4.69) is 16.0 Å². The van der Waals surface area contributed by atoms with Gasteiger partial charge in [0.05, 0.1) is 5.69 Å². The van der Waals surface area contributed by atoms with E-state index in [1.165, 1.54) is 18.2 Å². The van der Waals surface area contributed by atoms with Crippen LogP contribution in [0.1, 0.15) is 36.0 Å². The maximum absolute atomic E-state index is 14.0. The van der Waals surface area contributed by atoms with Gasteiger partial charge in [0.15, 0.2) is 0 Å². The third-order valence-corrected chi connectivity index (χ3v) is 5.04. The van der Waals surface area contributed by atoms with Crippen molar-refractivity contribution in [1.82, 2.24) is 0 Å². The number of anilines is 3. The largest absolute Gasteiger partial charge is 0.368 e. The first-order chi connectivity index (χ1) is 14.5. The van der Waals surface area contributed by atoms with E-state index in [4.69, 9.17) is 4.74 Å². The molecule has 2 aromatic rings. The monoisotopic (exact) mass is 411 g/mol. The van der Waals surface area contributed by atoms with Crippen molar-refractivity contribution >= 4 is 34.8 Å². The molecule has 2 aromatic carbocycles. The quantitative estimate of drug-likeness (QED) is 0.677. The van der Waals surface area contributed by atoms with Crippen molar-refractivity contribution in [1.29, 1.82) is 0 Å². The van der Waals surface area contributed by atoms with Gasteiger partial charge < -0.3 is 20.7 Å². The second-order valence-electron chi connectivity index (χ2n) is 7.48. The van der Waals surface area contributed by atoms with E-state index in [0.29, 0.717) is 30.0 Å².